The van der Waals surface area contributed by atoms with Crippen LogP contribution in [0.3, 0.4) is 0 Å². The maximum Gasteiger partial charge on any atom is 0.323 e. The summed E-state index contributed by atoms with van der Waals surface area (Å²) in [5.41, 5.74) is 8.20. The Morgan fingerprint density at radius 3 is 3.11 bits per heavy atom. The van der Waals surface area contributed by atoms with Crippen molar-refractivity contribution in [2.75, 3.05) is 6.61 Å². The van der Waals surface area contributed by atoms with Crippen molar-refractivity contribution in [1.82, 2.24) is 0 Å². The first-order valence-electron chi connectivity index (χ1n) is 6.28. The van der Waals surface area contributed by atoms with Gasteiger partial charge in [0.25, 0.3) is 0 Å². The normalized spacial score (nSPS) is 18.9. The Bertz CT molecular complexity index is 445. The van der Waals surface area contributed by atoms with Gasteiger partial charge in [-0.1, -0.05) is 17.7 Å². The molecule has 0 bridgehead atoms. The molecule has 0 saturated carbocycles. The first-order chi connectivity index (χ1) is 8.60. The molecular weight excluding hydrogens is 230 g/mol. The molecule has 4 nitrogen and oxygen atoms in total. The zero-order valence-corrected chi connectivity index (χ0v) is 10.8. The highest BCUT2D eigenvalue weighted by Gasteiger charge is 2.27. The first-order valence-corrected chi connectivity index (χ1v) is 6.28. The summed E-state index contributed by atoms with van der Waals surface area (Å²) in [6, 6.07) is 5.50. The lowest BCUT2D eigenvalue weighted by atomic mass is 10.0. The fourth-order valence-electron chi connectivity index (χ4n) is 2.21. The number of carbonyl (C=O) groups is 1. The van der Waals surface area contributed by atoms with Gasteiger partial charge in [0.1, 0.15) is 17.9 Å². The molecule has 0 fully saturated rings. The molecule has 2 N–H and O–H groups in total. The Morgan fingerprint density at radius 2 is 2.39 bits per heavy atom. The van der Waals surface area contributed by atoms with E-state index in [0.29, 0.717) is 13.0 Å². The second kappa shape index (κ2) is 5.40. The number of carbonyl (C=O) groups excluding carboxylic acids is 1. The van der Waals surface area contributed by atoms with Crippen LogP contribution in [0.2, 0.25) is 0 Å². The van der Waals surface area contributed by atoms with Crippen molar-refractivity contribution in [1.29, 1.82) is 0 Å². The third-order valence-electron chi connectivity index (χ3n) is 3.06. The molecule has 2 unspecified atom stereocenters. The van der Waals surface area contributed by atoms with Crippen molar-refractivity contribution in [3.63, 3.8) is 0 Å². The van der Waals surface area contributed by atoms with Gasteiger partial charge in [0.2, 0.25) is 0 Å². The van der Waals surface area contributed by atoms with Gasteiger partial charge in [-0.2, -0.15) is 0 Å². The van der Waals surface area contributed by atoms with Crippen molar-refractivity contribution in [2.24, 2.45) is 5.73 Å². The van der Waals surface area contributed by atoms with Crippen LogP contribution in [0.15, 0.2) is 18.2 Å². The number of hydrogen-bond acceptors (Lipinski definition) is 4. The van der Waals surface area contributed by atoms with E-state index in [1.807, 2.05) is 12.1 Å². The minimum Gasteiger partial charge on any atom is -0.490 e. The molecule has 4 heteroatoms. The zero-order valence-electron chi connectivity index (χ0n) is 10.8. The minimum atomic E-state index is -0.606. The van der Waals surface area contributed by atoms with Gasteiger partial charge in [-0.3, -0.25) is 4.79 Å². The highest BCUT2D eigenvalue weighted by molar-refractivity contribution is 5.75. The van der Waals surface area contributed by atoms with Crippen LogP contribution in [-0.2, 0) is 16.0 Å². The number of esters is 1. The Hall–Kier alpha value is -1.55. The highest BCUT2D eigenvalue weighted by Crippen LogP contribution is 2.30. The summed E-state index contributed by atoms with van der Waals surface area (Å²) < 4.78 is 10.7. The van der Waals surface area contributed by atoms with Gasteiger partial charge < -0.3 is 15.2 Å². The largest absolute Gasteiger partial charge is 0.490 e. The molecule has 1 aliphatic heterocycles. The summed E-state index contributed by atoms with van der Waals surface area (Å²) >= 11 is 0. The number of ether oxygens (including phenoxy) is 2. The molecule has 0 amide bonds. The van der Waals surface area contributed by atoms with Crippen molar-refractivity contribution >= 4 is 5.97 Å². The van der Waals surface area contributed by atoms with Crippen LogP contribution in [-0.4, -0.2) is 24.7 Å². The van der Waals surface area contributed by atoms with Crippen LogP contribution in [0.4, 0.5) is 0 Å². The number of benzene rings is 1. The van der Waals surface area contributed by atoms with E-state index in [-0.39, 0.29) is 12.1 Å². The summed E-state index contributed by atoms with van der Waals surface area (Å²) in [7, 11) is 0. The van der Waals surface area contributed by atoms with Gasteiger partial charge in [0.05, 0.1) is 6.61 Å². The molecule has 0 aliphatic carbocycles. The van der Waals surface area contributed by atoms with E-state index in [1.54, 1.807) is 6.92 Å². The SMILES string of the molecule is CCOC(=O)C(N)CC1Cc2cc(C)ccc2O1. The van der Waals surface area contributed by atoms with Crippen molar-refractivity contribution in [2.45, 2.75) is 38.8 Å². The molecule has 2 rings (SSSR count). The summed E-state index contributed by atoms with van der Waals surface area (Å²) in [6.45, 7) is 4.19. The fourth-order valence-corrected chi connectivity index (χ4v) is 2.21. The Kier molecular flexibility index (Phi) is 3.87. The molecule has 18 heavy (non-hydrogen) atoms. The molecule has 1 aromatic rings. The van der Waals surface area contributed by atoms with E-state index in [1.165, 1.54) is 11.1 Å². The summed E-state index contributed by atoms with van der Waals surface area (Å²) in [6.07, 6.45) is 1.28. The average Bonchev–Trinajstić information content (AvgIpc) is 2.70. The molecule has 0 spiro atoms. The molecule has 0 radical (unpaired) electrons. The first kappa shape index (κ1) is 12.9. The lowest BCUT2D eigenvalue weighted by Gasteiger charge is -2.15. The van der Waals surface area contributed by atoms with Gasteiger partial charge in [0, 0.05) is 12.8 Å². The zero-order chi connectivity index (χ0) is 13.1. The maximum atomic E-state index is 11.5. The smallest absolute Gasteiger partial charge is 0.323 e. The van der Waals surface area contributed by atoms with E-state index in [2.05, 4.69) is 13.0 Å². The quantitative estimate of drug-likeness (QED) is 0.823. The number of aryl methyl sites for hydroxylation is 1. The van der Waals surface area contributed by atoms with Crippen molar-refractivity contribution in [3.8, 4) is 5.75 Å². The van der Waals surface area contributed by atoms with Crippen LogP contribution in [0.25, 0.3) is 0 Å². The number of rotatable bonds is 4. The molecule has 1 aromatic carbocycles. The number of fused-ring (bicyclic) bond motifs is 1. The van der Waals surface area contributed by atoms with E-state index in [9.17, 15) is 4.79 Å². The molecular formula is C14H19NO3. The van der Waals surface area contributed by atoms with Gasteiger partial charge >= 0.3 is 5.97 Å². The topological polar surface area (TPSA) is 61.5 Å². The Labute approximate surface area is 107 Å². The van der Waals surface area contributed by atoms with Gasteiger partial charge in [-0.25, -0.2) is 0 Å². The van der Waals surface area contributed by atoms with Crippen LogP contribution in [0, 0.1) is 6.92 Å². The van der Waals surface area contributed by atoms with Crippen molar-refractivity contribution in [3.05, 3.63) is 29.3 Å². The van der Waals surface area contributed by atoms with E-state index in [0.717, 1.165) is 12.2 Å². The third kappa shape index (κ3) is 2.82. The molecule has 1 aliphatic rings. The second-order valence-electron chi connectivity index (χ2n) is 4.65. The lowest BCUT2D eigenvalue weighted by Crippen LogP contribution is -2.37. The van der Waals surface area contributed by atoms with Gasteiger partial charge in [-0.15, -0.1) is 0 Å². The Balaban J connectivity index is 1.93. The van der Waals surface area contributed by atoms with Crippen LogP contribution >= 0.6 is 0 Å². The predicted molar refractivity (Wildman–Crippen MR) is 68.5 cm³/mol. The monoisotopic (exact) mass is 249 g/mol. The van der Waals surface area contributed by atoms with E-state index < -0.39 is 6.04 Å². The maximum absolute atomic E-state index is 11.5. The number of hydrogen-bond donors (Lipinski definition) is 1. The van der Waals surface area contributed by atoms with Crippen LogP contribution in [0.1, 0.15) is 24.5 Å². The third-order valence-corrected chi connectivity index (χ3v) is 3.06. The average molecular weight is 249 g/mol. The highest BCUT2D eigenvalue weighted by atomic mass is 16.5. The summed E-state index contributed by atoms with van der Waals surface area (Å²) in [5.74, 6) is 0.551. The standard InChI is InChI=1S/C14H19NO3/c1-3-17-14(16)12(15)8-11-7-10-6-9(2)4-5-13(10)18-11/h4-6,11-12H,3,7-8,15H2,1-2H3. The summed E-state index contributed by atoms with van der Waals surface area (Å²) in [5, 5.41) is 0. The Morgan fingerprint density at radius 1 is 1.61 bits per heavy atom. The number of nitrogens with two attached hydrogens (primary N) is 1. The van der Waals surface area contributed by atoms with E-state index in [4.69, 9.17) is 15.2 Å². The molecule has 0 aromatic heterocycles. The van der Waals surface area contributed by atoms with Crippen molar-refractivity contribution < 1.29 is 14.3 Å². The second-order valence-corrected chi connectivity index (χ2v) is 4.65. The fraction of sp³-hybridized carbons (Fsp3) is 0.500. The van der Waals surface area contributed by atoms with Crippen LogP contribution in [0.5, 0.6) is 5.75 Å². The van der Waals surface area contributed by atoms with E-state index >= 15 is 0 Å². The molecule has 1 heterocycles. The molecule has 0 saturated heterocycles. The lowest BCUT2D eigenvalue weighted by molar-refractivity contribution is -0.145. The molecule has 2 atom stereocenters. The minimum absolute atomic E-state index is 0.0267. The van der Waals surface area contributed by atoms with Gasteiger partial charge in [-0.05, 0) is 25.5 Å². The molecule has 98 valence electrons. The predicted octanol–water partition coefficient (Wildman–Crippen LogP) is 1.58. The van der Waals surface area contributed by atoms with Gasteiger partial charge in [0.15, 0.2) is 0 Å². The van der Waals surface area contributed by atoms with Crippen LogP contribution < -0.4 is 10.5 Å². The summed E-state index contributed by atoms with van der Waals surface area (Å²) in [4.78, 5) is 11.5.